The van der Waals surface area contributed by atoms with Crippen LogP contribution in [0.15, 0.2) is 35.2 Å². The zero-order valence-corrected chi connectivity index (χ0v) is 16.4. The quantitative estimate of drug-likeness (QED) is 0.786. The fourth-order valence-electron chi connectivity index (χ4n) is 3.50. The first-order valence-corrected chi connectivity index (χ1v) is 10.5. The molecule has 4 rings (SSSR count). The van der Waals surface area contributed by atoms with Crippen LogP contribution >= 0.6 is 11.3 Å². The first-order chi connectivity index (χ1) is 13.7. The van der Waals surface area contributed by atoms with Crippen molar-refractivity contribution in [1.29, 1.82) is 0 Å². The predicted molar refractivity (Wildman–Crippen MR) is 105 cm³/mol. The monoisotopic (exact) mass is 401 g/mol. The number of carbonyl (C=O) groups excluding carboxylic acids is 2. The minimum atomic E-state index is -0.0159. The van der Waals surface area contributed by atoms with E-state index in [1.165, 1.54) is 11.3 Å². The summed E-state index contributed by atoms with van der Waals surface area (Å²) in [6, 6.07) is 7.36. The van der Waals surface area contributed by atoms with Crippen LogP contribution in [0.25, 0.3) is 0 Å². The van der Waals surface area contributed by atoms with Crippen molar-refractivity contribution in [1.82, 2.24) is 14.8 Å². The van der Waals surface area contributed by atoms with E-state index in [-0.39, 0.29) is 17.9 Å². The number of hydrogen-bond donors (Lipinski definition) is 0. The van der Waals surface area contributed by atoms with E-state index in [1.54, 1.807) is 10.9 Å². The van der Waals surface area contributed by atoms with Gasteiger partial charge < -0.3 is 19.3 Å². The molecule has 0 spiro atoms. The summed E-state index contributed by atoms with van der Waals surface area (Å²) in [5, 5.41) is 1.78. The van der Waals surface area contributed by atoms with Gasteiger partial charge in [0.1, 0.15) is 17.5 Å². The SMILES string of the molecule is O=C(c1cccc(OC2CCN(C(=O)c3cscn3)CC2)c1)N1CCOCC1. The zero-order valence-electron chi connectivity index (χ0n) is 15.6. The Morgan fingerprint density at radius 1 is 1.07 bits per heavy atom. The standard InChI is InChI=1S/C20H23N3O4S/c24-19(23-8-10-26-11-9-23)15-2-1-3-17(12-15)27-16-4-6-22(7-5-16)20(25)18-13-28-14-21-18/h1-3,12-14,16H,4-11H2. The van der Waals surface area contributed by atoms with Crippen molar-refractivity contribution in [3.8, 4) is 5.75 Å². The number of benzene rings is 1. The minimum absolute atomic E-state index is 0.0115. The predicted octanol–water partition coefficient (Wildman–Crippen LogP) is 2.30. The van der Waals surface area contributed by atoms with E-state index in [1.807, 2.05) is 34.1 Å². The lowest BCUT2D eigenvalue weighted by Crippen LogP contribution is -2.42. The highest BCUT2D eigenvalue weighted by Gasteiger charge is 2.26. The fourth-order valence-corrected chi connectivity index (χ4v) is 4.03. The topological polar surface area (TPSA) is 72.0 Å². The lowest BCUT2D eigenvalue weighted by atomic mass is 10.1. The van der Waals surface area contributed by atoms with E-state index in [0.29, 0.717) is 56.4 Å². The van der Waals surface area contributed by atoms with Gasteiger partial charge in [-0.15, -0.1) is 11.3 Å². The number of hydrogen-bond acceptors (Lipinski definition) is 6. The molecule has 2 fully saturated rings. The maximum Gasteiger partial charge on any atom is 0.273 e. The second-order valence-corrected chi connectivity index (χ2v) is 7.63. The van der Waals surface area contributed by atoms with Gasteiger partial charge in [-0.25, -0.2) is 4.98 Å². The van der Waals surface area contributed by atoms with Gasteiger partial charge in [-0.05, 0) is 18.2 Å². The second-order valence-electron chi connectivity index (χ2n) is 6.92. The number of thiazole rings is 1. The maximum absolute atomic E-state index is 12.6. The molecular formula is C20H23N3O4S. The summed E-state index contributed by atoms with van der Waals surface area (Å²) >= 11 is 1.43. The molecule has 0 N–H and O–H groups in total. The summed E-state index contributed by atoms with van der Waals surface area (Å²) in [7, 11) is 0. The lowest BCUT2D eigenvalue weighted by molar-refractivity contribution is 0.0302. The Kier molecular flexibility index (Phi) is 5.87. The van der Waals surface area contributed by atoms with Gasteiger partial charge >= 0.3 is 0 Å². The molecule has 1 aromatic carbocycles. The van der Waals surface area contributed by atoms with Crippen molar-refractivity contribution in [3.63, 3.8) is 0 Å². The van der Waals surface area contributed by atoms with E-state index < -0.39 is 0 Å². The Hall–Kier alpha value is -2.45. The smallest absolute Gasteiger partial charge is 0.273 e. The van der Waals surface area contributed by atoms with Crippen LogP contribution in [0.5, 0.6) is 5.75 Å². The largest absolute Gasteiger partial charge is 0.490 e. The summed E-state index contributed by atoms with van der Waals surface area (Å²) < 4.78 is 11.4. The van der Waals surface area contributed by atoms with Crippen LogP contribution in [0.1, 0.15) is 33.7 Å². The van der Waals surface area contributed by atoms with Gasteiger partial charge in [0.2, 0.25) is 0 Å². The first-order valence-electron chi connectivity index (χ1n) is 9.52. The number of aromatic nitrogens is 1. The van der Waals surface area contributed by atoms with Crippen molar-refractivity contribution in [3.05, 3.63) is 46.4 Å². The van der Waals surface area contributed by atoms with Crippen molar-refractivity contribution in [2.75, 3.05) is 39.4 Å². The highest BCUT2D eigenvalue weighted by molar-refractivity contribution is 7.07. The molecule has 0 aliphatic carbocycles. The fraction of sp³-hybridized carbons (Fsp3) is 0.450. The molecule has 2 aliphatic heterocycles. The Labute approximate surface area is 167 Å². The van der Waals surface area contributed by atoms with Gasteiger partial charge in [0.05, 0.1) is 18.7 Å². The Bertz CT molecular complexity index is 813. The third kappa shape index (κ3) is 4.34. The van der Waals surface area contributed by atoms with E-state index in [9.17, 15) is 9.59 Å². The zero-order chi connectivity index (χ0) is 19.3. The Morgan fingerprint density at radius 3 is 2.54 bits per heavy atom. The molecule has 0 bridgehead atoms. The number of carbonyl (C=O) groups is 2. The first kappa shape index (κ1) is 18.9. The molecule has 0 unspecified atom stereocenters. The van der Waals surface area contributed by atoms with Crippen LogP contribution in [-0.2, 0) is 4.74 Å². The van der Waals surface area contributed by atoms with Crippen LogP contribution in [0.3, 0.4) is 0 Å². The highest BCUT2D eigenvalue weighted by atomic mass is 32.1. The number of nitrogens with zero attached hydrogens (tertiary/aromatic N) is 3. The van der Waals surface area contributed by atoms with Crippen molar-refractivity contribution in [2.24, 2.45) is 0 Å². The normalized spacial score (nSPS) is 18.1. The third-order valence-electron chi connectivity index (χ3n) is 5.06. The molecule has 2 amide bonds. The van der Waals surface area contributed by atoms with Crippen LogP contribution in [0, 0.1) is 0 Å². The summed E-state index contributed by atoms with van der Waals surface area (Å²) in [5.74, 6) is 0.693. The van der Waals surface area contributed by atoms with Gasteiger partial charge in [0, 0.05) is 50.0 Å². The minimum Gasteiger partial charge on any atom is -0.490 e. The molecule has 7 nitrogen and oxygen atoms in total. The van der Waals surface area contributed by atoms with Gasteiger partial charge in [-0.3, -0.25) is 9.59 Å². The number of ether oxygens (including phenoxy) is 2. The summed E-state index contributed by atoms with van der Waals surface area (Å²) in [6.07, 6.45) is 1.56. The van der Waals surface area contributed by atoms with Crippen LogP contribution in [0.4, 0.5) is 0 Å². The molecule has 8 heteroatoms. The average Bonchev–Trinajstić information content (AvgIpc) is 3.29. The Balaban J connectivity index is 1.33. The number of amides is 2. The molecule has 148 valence electrons. The number of likely N-dealkylation sites (tertiary alicyclic amines) is 1. The van der Waals surface area contributed by atoms with Crippen molar-refractivity contribution < 1.29 is 19.1 Å². The average molecular weight is 401 g/mol. The maximum atomic E-state index is 12.6. The number of rotatable bonds is 4. The lowest BCUT2D eigenvalue weighted by Gasteiger charge is -2.32. The highest BCUT2D eigenvalue weighted by Crippen LogP contribution is 2.22. The summed E-state index contributed by atoms with van der Waals surface area (Å²) in [6.45, 7) is 3.70. The van der Waals surface area contributed by atoms with Gasteiger partial charge in [-0.2, -0.15) is 0 Å². The molecule has 2 aromatic rings. The molecule has 28 heavy (non-hydrogen) atoms. The molecule has 2 saturated heterocycles. The summed E-state index contributed by atoms with van der Waals surface area (Å²) in [5.41, 5.74) is 2.82. The van der Waals surface area contributed by atoms with Gasteiger partial charge in [0.25, 0.3) is 11.8 Å². The van der Waals surface area contributed by atoms with Crippen LogP contribution in [-0.4, -0.2) is 72.1 Å². The van der Waals surface area contributed by atoms with Crippen LogP contribution < -0.4 is 4.74 Å². The number of morpholine rings is 1. The van der Waals surface area contributed by atoms with E-state index in [2.05, 4.69) is 4.98 Å². The third-order valence-corrected chi connectivity index (χ3v) is 5.65. The number of piperidine rings is 1. The molecule has 1 aromatic heterocycles. The van der Waals surface area contributed by atoms with Gasteiger partial charge in [-0.1, -0.05) is 6.07 Å². The Morgan fingerprint density at radius 2 is 1.82 bits per heavy atom. The molecule has 3 heterocycles. The van der Waals surface area contributed by atoms with E-state index in [0.717, 1.165) is 12.8 Å². The summed E-state index contributed by atoms with van der Waals surface area (Å²) in [4.78, 5) is 32.7. The molecular weight excluding hydrogens is 378 g/mol. The van der Waals surface area contributed by atoms with Crippen molar-refractivity contribution in [2.45, 2.75) is 18.9 Å². The van der Waals surface area contributed by atoms with E-state index >= 15 is 0 Å². The molecule has 0 radical (unpaired) electrons. The van der Waals surface area contributed by atoms with E-state index in [4.69, 9.17) is 9.47 Å². The molecule has 2 aliphatic rings. The van der Waals surface area contributed by atoms with Crippen LogP contribution in [0.2, 0.25) is 0 Å². The van der Waals surface area contributed by atoms with Gasteiger partial charge in [0.15, 0.2) is 0 Å². The van der Waals surface area contributed by atoms with Crippen molar-refractivity contribution >= 4 is 23.2 Å². The second kappa shape index (κ2) is 8.70. The molecule has 0 saturated carbocycles. The molecule has 0 atom stereocenters.